The second-order valence-corrected chi connectivity index (χ2v) is 16.9. The SMILES string of the molecule is CS(=O)c1ccc(C(=O)NC(CC2CC(F)CC(F)C2)C(O)CNC2(C3CCCC(C(C)(C)C)C3)CCCCC2)s1. The summed E-state index contributed by atoms with van der Waals surface area (Å²) in [6.07, 6.45) is 9.77. The fourth-order valence-electron chi connectivity index (χ4n) is 7.83. The fourth-order valence-corrected chi connectivity index (χ4v) is 9.47. The molecule has 3 saturated carbocycles. The zero-order valence-electron chi connectivity index (χ0n) is 25.4. The summed E-state index contributed by atoms with van der Waals surface area (Å²) in [6.45, 7) is 7.38. The molecule has 1 aromatic heterocycles. The van der Waals surface area contributed by atoms with Crippen molar-refractivity contribution in [1.82, 2.24) is 10.6 Å². The Hall–Kier alpha value is -0.900. The highest BCUT2D eigenvalue weighted by atomic mass is 32.2. The Labute approximate surface area is 252 Å². The molecule has 3 fully saturated rings. The first-order chi connectivity index (χ1) is 19.4. The van der Waals surface area contributed by atoms with Gasteiger partial charge in [0.25, 0.3) is 5.91 Å². The molecule has 0 saturated heterocycles. The number of nitrogens with one attached hydrogen (secondary N) is 2. The molecule has 3 aliphatic rings. The van der Waals surface area contributed by atoms with Gasteiger partial charge in [-0.15, -0.1) is 11.3 Å². The van der Waals surface area contributed by atoms with Crippen LogP contribution in [0.3, 0.4) is 0 Å². The average molecular weight is 615 g/mol. The molecule has 0 radical (unpaired) electrons. The van der Waals surface area contributed by atoms with Gasteiger partial charge in [-0.2, -0.15) is 0 Å². The van der Waals surface area contributed by atoms with Crippen LogP contribution in [0.15, 0.2) is 16.3 Å². The van der Waals surface area contributed by atoms with E-state index in [-0.39, 0.29) is 42.0 Å². The molecule has 1 amide bonds. The first-order valence-electron chi connectivity index (χ1n) is 15.8. The molecule has 1 heterocycles. The molecule has 4 rings (SSSR count). The lowest BCUT2D eigenvalue weighted by Gasteiger charge is -2.50. The van der Waals surface area contributed by atoms with Gasteiger partial charge in [0.2, 0.25) is 0 Å². The Balaban J connectivity index is 1.49. The van der Waals surface area contributed by atoms with Crippen LogP contribution in [0.1, 0.15) is 114 Å². The second kappa shape index (κ2) is 14.3. The van der Waals surface area contributed by atoms with Crippen LogP contribution >= 0.6 is 11.3 Å². The van der Waals surface area contributed by atoms with Crippen LogP contribution in [0.25, 0.3) is 0 Å². The van der Waals surface area contributed by atoms with Crippen molar-refractivity contribution in [2.24, 2.45) is 23.2 Å². The Bertz CT molecular complexity index is 1010. The fraction of sp³-hybridized carbons (Fsp3) is 0.844. The number of aliphatic hydroxyl groups is 1. The van der Waals surface area contributed by atoms with E-state index in [2.05, 4.69) is 31.4 Å². The van der Waals surface area contributed by atoms with Gasteiger partial charge in [0.15, 0.2) is 0 Å². The third kappa shape index (κ3) is 8.82. The van der Waals surface area contributed by atoms with Crippen LogP contribution in [-0.4, -0.2) is 58.1 Å². The topological polar surface area (TPSA) is 78.4 Å². The smallest absolute Gasteiger partial charge is 0.261 e. The zero-order chi connectivity index (χ0) is 29.8. The maximum atomic E-state index is 14.3. The number of β-amino-alcohol motifs (C(OH)–C–C–N with tert-alkyl or cyclic N) is 1. The Kier molecular flexibility index (Phi) is 11.5. The second-order valence-electron chi connectivity index (χ2n) is 14.2. The van der Waals surface area contributed by atoms with E-state index in [1.807, 2.05) is 0 Å². The summed E-state index contributed by atoms with van der Waals surface area (Å²) in [4.78, 5) is 13.7. The molecule has 3 aliphatic carbocycles. The number of carbonyl (C=O) groups excluding carboxylic acids is 1. The van der Waals surface area contributed by atoms with Gasteiger partial charge in [0, 0.05) is 24.8 Å². The minimum Gasteiger partial charge on any atom is -0.390 e. The first kappa shape index (κ1) is 33.0. The summed E-state index contributed by atoms with van der Waals surface area (Å²) in [5.74, 6) is 0.650. The van der Waals surface area contributed by atoms with E-state index in [4.69, 9.17) is 0 Å². The molecule has 9 heteroatoms. The number of aliphatic hydroxyl groups excluding tert-OH is 1. The van der Waals surface area contributed by atoms with Crippen molar-refractivity contribution < 1.29 is 22.9 Å². The number of halogens is 2. The van der Waals surface area contributed by atoms with Gasteiger partial charge in [-0.3, -0.25) is 9.00 Å². The van der Waals surface area contributed by atoms with E-state index in [9.17, 15) is 22.9 Å². The van der Waals surface area contributed by atoms with Crippen molar-refractivity contribution in [3.05, 3.63) is 17.0 Å². The standard InChI is InChI=1S/C32H52F2N2O3S2/c1-31(2,3)22-9-8-10-23(18-22)32(13-6-5-7-14-32)35-20-27(37)26(17-21-15-24(33)19-25(34)16-21)36-30(38)28-11-12-29(40-28)41(4)39/h11-12,21-27,35,37H,5-10,13-20H2,1-4H3,(H,36,38). The van der Waals surface area contributed by atoms with Crippen LogP contribution in [0.2, 0.25) is 0 Å². The third-order valence-corrected chi connectivity index (χ3v) is 12.8. The highest BCUT2D eigenvalue weighted by molar-refractivity contribution is 7.86. The number of carbonyl (C=O) groups is 1. The summed E-state index contributed by atoms with van der Waals surface area (Å²) in [6, 6.07) is 2.71. The van der Waals surface area contributed by atoms with E-state index in [0.717, 1.165) is 12.8 Å². The number of amides is 1. The van der Waals surface area contributed by atoms with E-state index in [1.165, 1.54) is 56.3 Å². The molecule has 0 aliphatic heterocycles. The highest BCUT2D eigenvalue weighted by Crippen LogP contribution is 2.47. The van der Waals surface area contributed by atoms with Crippen LogP contribution in [0.5, 0.6) is 0 Å². The Morgan fingerprint density at radius 2 is 1.76 bits per heavy atom. The van der Waals surface area contributed by atoms with Gasteiger partial charge in [0.1, 0.15) is 12.3 Å². The molecule has 0 bridgehead atoms. The summed E-state index contributed by atoms with van der Waals surface area (Å²) in [5.41, 5.74) is 0.252. The third-order valence-electron chi connectivity index (χ3n) is 10.2. The quantitative estimate of drug-likeness (QED) is 0.266. The van der Waals surface area contributed by atoms with Crippen molar-refractivity contribution in [2.75, 3.05) is 12.8 Å². The monoisotopic (exact) mass is 614 g/mol. The predicted molar refractivity (Wildman–Crippen MR) is 164 cm³/mol. The average Bonchev–Trinajstić information content (AvgIpc) is 3.42. The molecule has 7 atom stereocenters. The molecule has 0 aromatic carbocycles. The zero-order valence-corrected chi connectivity index (χ0v) is 27.1. The number of hydrogen-bond acceptors (Lipinski definition) is 5. The number of thiophene rings is 1. The van der Waals surface area contributed by atoms with Crippen LogP contribution in [0, 0.1) is 23.2 Å². The van der Waals surface area contributed by atoms with E-state index in [0.29, 0.717) is 33.9 Å². The molecule has 0 spiro atoms. The van der Waals surface area contributed by atoms with Crippen LogP contribution in [0.4, 0.5) is 8.78 Å². The van der Waals surface area contributed by atoms with Gasteiger partial charge in [-0.25, -0.2) is 8.78 Å². The molecular weight excluding hydrogens is 562 g/mol. The van der Waals surface area contributed by atoms with Gasteiger partial charge in [0.05, 0.1) is 32.0 Å². The van der Waals surface area contributed by atoms with E-state index < -0.39 is 35.3 Å². The lowest BCUT2D eigenvalue weighted by atomic mass is 9.61. The lowest BCUT2D eigenvalue weighted by Crippen LogP contribution is -2.58. The van der Waals surface area contributed by atoms with E-state index >= 15 is 0 Å². The summed E-state index contributed by atoms with van der Waals surface area (Å²) >= 11 is 1.18. The first-order valence-corrected chi connectivity index (χ1v) is 18.2. The lowest BCUT2D eigenvalue weighted by molar-refractivity contribution is 0.0343. The Morgan fingerprint density at radius 3 is 2.37 bits per heavy atom. The van der Waals surface area contributed by atoms with Crippen LogP contribution in [-0.2, 0) is 10.8 Å². The van der Waals surface area contributed by atoms with Gasteiger partial charge in [-0.1, -0.05) is 46.5 Å². The molecule has 1 aromatic rings. The van der Waals surface area contributed by atoms with Crippen molar-refractivity contribution >= 4 is 28.0 Å². The molecule has 7 unspecified atom stereocenters. The number of alkyl halides is 2. The minimum atomic E-state index is -1.19. The highest BCUT2D eigenvalue weighted by Gasteiger charge is 2.44. The van der Waals surface area contributed by atoms with Crippen molar-refractivity contribution in [3.63, 3.8) is 0 Å². The molecule has 5 nitrogen and oxygen atoms in total. The van der Waals surface area contributed by atoms with E-state index in [1.54, 1.807) is 18.4 Å². The van der Waals surface area contributed by atoms with Crippen molar-refractivity contribution in [1.29, 1.82) is 0 Å². The van der Waals surface area contributed by atoms with Gasteiger partial charge < -0.3 is 15.7 Å². The minimum absolute atomic E-state index is 0.0234. The van der Waals surface area contributed by atoms with Crippen LogP contribution < -0.4 is 10.6 Å². The van der Waals surface area contributed by atoms with Crippen molar-refractivity contribution in [2.45, 2.75) is 138 Å². The van der Waals surface area contributed by atoms with Gasteiger partial charge in [-0.05, 0) is 86.7 Å². The summed E-state index contributed by atoms with van der Waals surface area (Å²) in [5, 5.41) is 18.4. The summed E-state index contributed by atoms with van der Waals surface area (Å²) < 4.78 is 41.0. The Morgan fingerprint density at radius 1 is 1.07 bits per heavy atom. The predicted octanol–water partition coefficient (Wildman–Crippen LogP) is 6.96. The largest absolute Gasteiger partial charge is 0.390 e. The molecule has 234 valence electrons. The maximum Gasteiger partial charge on any atom is 0.261 e. The molecule has 41 heavy (non-hydrogen) atoms. The maximum absolute atomic E-state index is 14.3. The van der Waals surface area contributed by atoms with Crippen molar-refractivity contribution in [3.8, 4) is 0 Å². The normalized spacial score (nSPS) is 31.2. The van der Waals surface area contributed by atoms with Gasteiger partial charge >= 0.3 is 0 Å². The number of rotatable bonds is 10. The molecule has 3 N–H and O–H groups in total. The number of hydrogen-bond donors (Lipinski definition) is 3. The molecular formula is C32H52F2N2O3S2. The summed E-state index contributed by atoms with van der Waals surface area (Å²) in [7, 11) is -1.19.